The molecule has 1 aliphatic heterocycles. The molecule has 2 nitrogen and oxygen atoms in total. The molecule has 0 bridgehead atoms. The minimum atomic E-state index is 0.136. The molecule has 1 aliphatic rings. The van der Waals surface area contributed by atoms with E-state index in [0.29, 0.717) is 5.88 Å². The zero-order valence-electron chi connectivity index (χ0n) is 8.68. The summed E-state index contributed by atoms with van der Waals surface area (Å²) in [6.45, 7) is 5.03. The molecule has 0 aliphatic carbocycles. The molecular weight excluding hydrogens is 188 g/mol. The lowest BCUT2D eigenvalue weighted by Crippen LogP contribution is -2.34. The van der Waals surface area contributed by atoms with E-state index in [1.54, 1.807) is 7.11 Å². The van der Waals surface area contributed by atoms with E-state index >= 15 is 0 Å². The third kappa shape index (κ3) is 2.36. The topological polar surface area (TPSA) is 18.5 Å². The Labute approximate surface area is 85.5 Å². The highest BCUT2D eigenvalue weighted by atomic mass is 35.5. The highest BCUT2D eigenvalue weighted by Gasteiger charge is 2.41. The van der Waals surface area contributed by atoms with Gasteiger partial charge in [0, 0.05) is 25.0 Å². The minimum absolute atomic E-state index is 0.136. The quantitative estimate of drug-likeness (QED) is 0.658. The molecule has 0 aromatic heterocycles. The van der Waals surface area contributed by atoms with Gasteiger partial charge >= 0.3 is 0 Å². The van der Waals surface area contributed by atoms with Crippen LogP contribution in [-0.4, -0.2) is 31.8 Å². The fourth-order valence-electron chi connectivity index (χ4n) is 1.97. The maximum absolute atomic E-state index is 6.02. The van der Waals surface area contributed by atoms with Gasteiger partial charge in [0.25, 0.3) is 0 Å². The summed E-state index contributed by atoms with van der Waals surface area (Å²) in [5.74, 6) is 0.669. The van der Waals surface area contributed by atoms with Gasteiger partial charge in [-0.3, -0.25) is 0 Å². The van der Waals surface area contributed by atoms with Crippen molar-refractivity contribution in [3.8, 4) is 0 Å². The van der Waals surface area contributed by atoms with Crippen LogP contribution in [0.3, 0.4) is 0 Å². The largest absolute Gasteiger partial charge is 0.382 e. The lowest BCUT2D eigenvalue weighted by Gasteiger charge is -2.32. The first kappa shape index (κ1) is 11.3. The molecule has 1 rings (SSSR count). The number of alkyl halides is 1. The summed E-state index contributed by atoms with van der Waals surface area (Å²) in [5.41, 5.74) is 0.136. The lowest BCUT2D eigenvalue weighted by atomic mass is 9.79. The van der Waals surface area contributed by atoms with Crippen LogP contribution in [0.5, 0.6) is 0 Å². The van der Waals surface area contributed by atoms with Gasteiger partial charge in [-0.1, -0.05) is 0 Å². The van der Waals surface area contributed by atoms with Crippen LogP contribution in [0.15, 0.2) is 0 Å². The fraction of sp³-hybridized carbons (Fsp3) is 1.00. The van der Waals surface area contributed by atoms with Crippen LogP contribution in [0.2, 0.25) is 0 Å². The molecule has 3 unspecified atom stereocenters. The van der Waals surface area contributed by atoms with Gasteiger partial charge in [0.1, 0.15) is 0 Å². The van der Waals surface area contributed by atoms with E-state index in [9.17, 15) is 0 Å². The Morgan fingerprint density at radius 3 is 2.77 bits per heavy atom. The number of rotatable bonds is 4. The number of hydrogen-bond donors (Lipinski definition) is 0. The monoisotopic (exact) mass is 206 g/mol. The van der Waals surface area contributed by atoms with Crippen LogP contribution >= 0.6 is 11.6 Å². The molecule has 78 valence electrons. The third-order valence-corrected chi connectivity index (χ3v) is 3.72. The van der Waals surface area contributed by atoms with Crippen molar-refractivity contribution in [3.05, 3.63) is 0 Å². The first-order chi connectivity index (χ1) is 6.14. The molecule has 3 atom stereocenters. The Bertz CT molecular complexity index is 163. The van der Waals surface area contributed by atoms with E-state index < -0.39 is 0 Å². The van der Waals surface area contributed by atoms with Crippen molar-refractivity contribution in [1.82, 2.24) is 0 Å². The predicted molar refractivity (Wildman–Crippen MR) is 54.3 cm³/mol. The molecule has 1 fully saturated rings. The van der Waals surface area contributed by atoms with Crippen molar-refractivity contribution >= 4 is 11.6 Å². The lowest BCUT2D eigenvalue weighted by molar-refractivity contribution is 0.0261. The Morgan fingerprint density at radius 1 is 1.69 bits per heavy atom. The second-order valence-corrected chi connectivity index (χ2v) is 4.28. The zero-order chi connectivity index (χ0) is 9.90. The summed E-state index contributed by atoms with van der Waals surface area (Å²) in [6.07, 6.45) is 2.59. The molecule has 13 heavy (non-hydrogen) atoms. The SMILES string of the molecule is COC(C)CC1(CCl)CCOC1C. The van der Waals surface area contributed by atoms with E-state index in [0.717, 1.165) is 19.4 Å². The first-order valence-electron chi connectivity index (χ1n) is 4.85. The van der Waals surface area contributed by atoms with Crippen LogP contribution < -0.4 is 0 Å². The van der Waals surface area contributed by atoms with E-state index in [-0.39, 0.29) is 17.6 Å². The summed E-state index contributed by atoms with van der Waals surface area (Å²) >= 11 is 6.02. The summed E-state index contributed by atoms with van der Waals surface area (Å²) < 4.78 is 10.8. The van der Waals surface area contributed by atoms with Crippen LogP contribution in [-0.2, 0) is 9.47 Å². The van der Waals surface area contributed by atoms with Crippen LogP contribution in [0.25, 0.3) is 0 Å². The van der Waals surface area contributed by atoms with Crippen LogP contribution in [0.4, 0.5) is 0 Å². The average molecular weight is 207 g/mol. The van der Waals surface area contributed by atoms with Crippen molar-refractivity contribution in [2.24, 2.45) is 5.41 Å². The smallest absolute Gasteiger partial charge is 0.0616 e. The Morgan fingerprint density at radius 2 is 2.38 bits per heavy atom. The first-order valence-corrected chi connectivity index (χ1v) is 5.38. The molecule has 0 amide bonds. The van der Waals surface area contributed by atoms with Gasteiger partial charge in [0.2, 0.25) is 0 Å². The highest BCUT2D eigenvalue weighted by molar-refractivity contribution is 6.18. The van der Waals surface area contributed by atoms with Crippen LogP contribution in [0.1, 0.15) is 26.7 Å². The normalized spacial score (nSPS) is 36.5. The minimum Gasteiger partial charge on any atom is -0.382 e. The van der Waals surface area contributed by atoms with Crippen molar-refractivity contribution in [3.63, 3.8) is 0 Å². The van der Waals surface area contributed by atoms with Crippen molar-refractivity contribution in [2.45, 2.75) is 38.9 Å². The Balaban J connectivity index is 2.58. The summed E-state index contributed by atoms with van der Waals surface area (Å²) in [5, 5.41) is 0. The standard InChI is InChI=1S/C10H19ClO2/c1-8(12-3)6-10(7-11)4-5-13-9(10)2/h8-9H,4-7H2,1-3H3. The second-order valence-electron chi connectivity index (χ2n) is 4.01. The van der Waals surface area contributed by atoms with Gasteiger partial charge in [-0.05, 0) is 26.7 Å². The molecule has 1 saturated heterocycles. The maximum atomic E-state index is 6.02. The van der Waals surface area contributed by atoms with Crippen molar-refractivity contribution in [2.75, 3.05) is 19.6 Å². The number of halogens is 1. The van der Waals surface area contributed by atoms with E-state index in [1.165, 1.54) is 0 Å². The van der Waals surface area contributed by atoms with Crippen LogP contribution in [0, 0.1) is 5.41 Å². The van der Waals surface area contributed by atoms with E-state index in [2.05, 4.69) is 13.8 Å². The maximum Gasteiger partial charge on any atom is 0.0616 e. The summed E-state index contributed by atoms with van der Waals surface area (Å²) in [6, 6.07) is 0. The average Bonchev–Trinajstić information content (AvgIpc) is 2.48. The second kappa shape index (κ2) is 4.63. The van der Waals surface area contributed by atoms with Gasteiger partial charge in [-0.2, -0.15) is 0 Å². The molecule has 0 radical (unpaired) electrons. The molecular formula is C10H19ClO2. The molecule has 1 heterocycles. The summed E-state index contributed by atoms with van der Waals surface area (Å²) in [4.78, 5) is 0. The van der Waals surface area contributed by atoms with E-state index in [1.807, 2.05) is 0 Å². The Kier molecular flexibility index (Phi) is 4.02. The fourth-order valence-corrected chi connectivity index (χ4v) is 2.43. The zero-order valence-corrected chi connectivity index (χ0v) is 9.43. The van der Waals surface area contributed by atoms with Gasteiger partial charge in [-0.25, -0.2) is 0 Å². The molecule has 0 N–H and O–H groups in total. The summed E-state index contributed by atoms with van der Waals surface area (Å²) in [7, 11) is 1.74. The Hall–Kier alpha value is 0.210. The molecule has 0 saturated carbocycles. The van der Waals surface area contributed by atoms with Gasteiger partial charge in [0.05, 0.1) is 12.2 Å². The van der Waals surface area contributed by atoms with Gasteiger partial charge in [-0.15, -0.1) is 11.6 Å². The van der Waals surface area contributed by atoms with Gasteiger partial charge in [0.15, 0.2) is 0 Å². The third-order valence-electron chi connectivity index (χ3n) is 3.19. The number of ether oxygens (including phenoxy) is 2. The van der Waals surface area contributed by atoms with Crippen molar-refractivity contribution in [1.29, 1.82) is 0 Å². The number of hydrogen-bond acceptors (Lipinski definition) is 2. The molecule has 3 heteroatoms. The highest BCUT2D eigenvalue weighted by Crippen LogP contribution is 2.40. The van der Waals surface area contributed by atoms with Crippen molar-refractivity contribution < 1.29 is 9.47 Å². The number of methoxy groups -OCH3 is 1. The van der Waals surface area contributed by atoms with Gasteiger partial charge < -0.3 is 9.47 Å². The molecule has 0 aromatic rings. The molecule has 0 aromatic carbocycles. The molecule has 0 spiro atoms. The predicted octanol–water partition coefficient (Wildman–Crippen LogP) is 2.45. The van der Waals surface area contributed by atoms with E-state index in [4.69, 9.17) is 21.1 Å².